The number of allylic oxidation sites excluding steroid dienone is 2. The van der Waals surface area contributed by atoms with Gasteiger partial charge in [-0.25, -0.2) is 0 Å². The van der Waals surface area contributed by atoms with Gasteiger partial charge in [0, 0.05) is 28.9 Å². The minimum atomic E-state index is 0.325. The number of methoxy groups -OCH3 is 1. The summed E-state index contributed by atoms with van der Waals surface area (Å²) in [7, 11) is 1.71. The third kappa shape index (κ3) is 1.95. The molecular weight excluding hydrogens is 270 g/mol. The molecule has 4 rings (SSSR count). The van der Waals surface area contributed by atoms with E-state index in [4.69, 9.17) is 4.74 Å². The van der Waals surface area contributed by atoms with Crippen LogP contribution in [-0.2, 0) is 6.42 Å². The normalized spacial score (nSPS) is 17.2. The Labute approximate surface area is 130 Å². The molecule has 3 aromatic rings. The van der Waals surface area contributed by atoms with Gasteiger partial charge in [-0.05, 0) is 36.2 Å². The van der Waals surface area contributed by atoms with Crippen molar-refractivity contribution in [1.82, 2.24) is 4.98 Å². The largest absolute Gasteiger partial charge is 0.497 e. The molecule has 1 heterocycles. The number of benzene rings is 2. The number of hydrogen-bond acceptors (Lipinski definition) is 1. The zero-order valence-electron chi connectivity index (χ0n) is 12.9. The molecule has 2 nitrogen and oxygen atoms in total. The average Bonchev–Trinajstić information content (AvgIpc) is 2.94. The predicted octanol–water partition coefficient (Wildman–Crippen LogP) is 4.81. The van der Waals surface area contributed by atoms with Crippen molar-refractivity contribution in [2.45, 2.75) is 19.3 Å². The maximum Gasteiger partial charge on any atom is 0.118 e. The summed E-state index contributed by atoms with van der Waals surface area (Å²) in [6.45, 7) is 2.24. The molecule has 2 heteroatoms. The smallest absolute Gasteiger partial charge is 0.118 e. The van der Waals surface area contributed by atoms with Crippen LogP contribution in [0.3, 0.4) is 0 Å². The van der Waals surface area contributed by atoms with Gasteiger partial charge in [0.1, 0.15) is 5.75 Å². The third-order valence-corrected chi connectivity index (χ3v) is 4.65. The Morgan fingerprint density at radius 1 is 1.05 bits per heavy atom. The van der Waals surface area contributed by atoms with E-state index in [0.29, 0.717) is 5.92 Å². The molecular formula is C20H19NO. The van der Waals surface area contributed by atoms with Crippen LogP contribution in [0.1, 0.15) is 29.7 Å². The second kappa shape index (κ2) is 5.06. The number of aromatic nitrogens is 1. The van der Waals surface area contributed by atoms with Gasteiger partial charge in [-0.3, -0.25) is 0 Å². The van der Waals surface area contributed by atoms with E-state index in [-0.39, 0.29) is 0 Å². The summed E-state index contributed by atoms with van der Waals surface area (Å²) in [5.41, 5.74) is 6.74. The Kier molecular flexibility index (Phi) is 3.04. The highest BCUT2D eigenvalue weighted by Crippen LogP contribution is 2.41. The van der Waals surface area contributed by atoms with Crippen LogP contribution in [0.2, 0.25) is 0 Å². The predicted molar refractivity (Wildman–Crippen MR) is 90.6 cm³/mol. The van der Waals surface area contributed by atoms with E-state index >= 15 is 0 Å². The van der Waals surface area contributed by atoms with Gasteiger partial charge in [-0.2, -0.15) is 0 Å². The fraction of sp³-hybridized carbons (Fsp3) is 0.200. The number of para-hydroxylation sites is 1. The molecule has 2 aromatic carbocycles. The Hall–Kier alpha value is -2.48. The summed E-state index contributed by atoms with van der Waals surface area (Å²) in [4.78, 5) is 3.59. The van der Waals surface area contributed by atoms with Crippen LogP contribution in [0.25, 0.3) is 10.9 Å². The van der Waals surface area contributed by atoms with Gasteiger partial charge in [0.15, 0.2) is 0 Å². The molecule has 110 valence electrons. The molecule has 22 heavy (non-hydrogen) atoms. The maximum absolute atomic E-state index is 5.29. The Bertz CT molecular complexity index is 855. The summed E-state index contributed by atoms with van der Waals surface area (Å²) in [6, 6.07) is 17.0. The molecule has 1 aliphatic rings. The van der Waals surface area contributed by atoms with Crippen molar-refractivity contribution >= 4 is 10.9 Å². The number of fused-ring (bicyclic) bond motifs is 3. The zero-order chi connectivity index (χ0) is 15.1. The molecule has 1 unspecified atom stereocenters. The average molecular weight is 289 g/mol. The highest BCUT2D eigenvalue weighted by molar-refractivity contribution is 5.87. The topological polar surface area (TPSA) is 25.0 Å². The van der Waals surface area contributed by atoms with E-state index in [1.807, 2.05) is 12.1 Å². The molecule has 0 radical (unpaired) electrons. The minimum Gasteiger partial charge on any atom is -0.497 e. The van der Waals surface area contributed by atoms with E-state index in [1.165, 1.54) is 33.3 Å². The van der Waals surface area contributed by atoms with Gasteiger partial charge in [-0.1, -0.05) is 42.0 Å². The standard InChI is InChI=1S/C20H19NO/c1-13-7-12-18-20(16-5-3-4-6-17(16)21-18)19(13)14-8-10-15(22-2)11-9-14/h3-11,19,21H,12H2,1-2H3. The van der Waals surface area contributed by atoms with E-state index < -0.39 is 0 Å². The monoisotopic (exact) mass is 289 g/mol. The summed E-state index contributed by atoms with van der Waals surface area (Å²) in [5, 5.41) is 1.34. The third-order valence-electron chi connectivity index (χ3n) is 4.65. The molecule has 1 N–H and O–H groups in total. The number of nitrogens with one attached hydrogen (secondary N) is 1. The lowest BCUT2D eigenvalue weighted by Gasteiger charge is -2.24. The van der Waals surface area contributed by atoms with Gasteiger partial charge in [-0.15, -0.1) is 0 Å². The van der Waals surface area contributed by atoms with E-state index in [1.54, 1.807) is 7.11 Å². The molecule has 0 aliphatic heterocycles. The van der Waals surface area contributed by atoms with Crippen LogP contribution in [0, 0.1) is 0 Å². The highest BCUT2D eigenvalue weighted by atomic mass is 16.5. The zero-order valence-corrected chi connectivity index (χ0v) is 12.9. The van der Waals surface area contributed by atoms with Gasteiger partial charge < -0.3 is 9.72 Å². The van der Waals surface area contributed by atoms with Crippen LogP contribution in [0.4, 0.5) is 0 Å². The fourth-order valence-electron chi connectivity index (χ4n) is 3.54. The van der Waals surface area contributed by atoms with Crippen molar-refractivity contribution in [2.24, 2.45) is 0 Å². The summed E-state index contributed by atoms with van der Waals surface area (Å²) < 4.78 is 5.29. The molecule has 1 aliphatic carbocycles. The molecule has 1 atom stereocenters. The lowest BCUT2D eigenvalue weighted by molar-refractivity contribution is 0.414. The number of ether oxygens (including phenoxy) is 1. The first-order chi connectivity index (χ1) is 10.8. The first-order valence-electron chi connectivity index (χ1n) is 7.68. The molecule has 0 fully saturated rings. The fourth-order valence-corrected chi connectivity index (χ4v) is 3.54. The van der Waals surface area contributed by atoms with Crippen molar-refractivity contribution < 1.29 is 4.74 Å². The number of aromatic amines is 1. The minimum absolute atomic E-state index is 0.325. The molecule has 0 bridgehead atoms. The summed E-state index contributed by atoms with van der Waals surface area (Å²) in [5.74, 6) is 1.23. The van der Waals surface area contributed by atoms with E-state index in [2.05, 4.69) is 54.4 Å². The van der Waals surface area contributed by atoms with Gasteiger partial charge in [0.25, 0.3) is 0 Å². The Morgan fingerprint density at radius 3 is 2.59 bits per heavy atom. The number of hydrogen-bond donors (Lipinski definition) is 1. The highest BCUT2D eigenvalue weighted by Gasteiger charge is 2.26. The van der Waals surface area contributed by atoms with Crippen LogP contribution in [0.5, 0.6) is 5.75 Å². The number of rotatable bonds is 2. The second-order valence-corrected chi connectivity index (χ2v) is 5.92. The molecule has 0 saturated carbocycles. The van der Waals surface area contributed by atoms with Gasteiger partial charge in [0.05, 0.1) is 7.11 Å². The maximum atomic E-state index is 5.29. The molecule has 0 saturated heterocycles. The molecule has 0 amide bonds. The summed E-state index contributed by atoms with van der Waals surface area (Å²) >= 11 is 0. The van der Waals surface area contributed by atoms with Crippen molar-refractivity contribution in [3.63, 3.8) is 0 Å². The number of H-pyrrole nitrogens is 1. The van der Waals surface area contributed by atoms with Crippen LogP contribution >= 0.6 is 0 Å². The first-order valence-corrected chi connectivity index (χ1v) is 7.68. The molecule has 1 aromatic heterocycles. The SMILES string of the molecule is COc1ccc(C2C(C)=CCc3[nH]c4ccccc4c32)cc1. The van der Waals surface area contributed by atoms with Crippen LogP contribution in [0.15, 0.2) is 60.2 Å². The van der Waals surface area contributed by atoms with E-state index in [0.717, 1.165) is 12.2 Å². The lowest BCUT2D eigenvalue weighted by Crippen LogP contribution is -2.09. The van der Waals surface area contributed by atoms with Gasteiger partial charge >= 0.3 is 0 Å². The molecule has 0 spiro atoms. The van der Waals surface area contributed by atoms with Gasteiger partial charge in [0.2, 0.25) is 0 Å². The van der Waals surface area contributed by atoms with E-state index in [9.17, 15) is 0 Å². The van der Waals surface area contributed by atoms with Crippen molar-refractivity contribution in [3.8, 4) is 5.75 Å². The quantitative estimate of drug-likeness (QED) is 0.673. The Balaban J connectivity index is 1.91. The second-order valence-electron chi connectivity index (χ2n) is 5.92. The van der Waals surface area contributed by atoms with Crippen molar-refractivity contribution in [2.75, 3.05) is 7.11 Å². The van der Waals surface area contributed by atoms with Crippen LogP contribution in [-0.4, -0.2) is 12.1 Å². The van der Waals surface area contributed by atoms with Crippen molar-refractivity contribution in [3.05, 3.63) is 77.0 Å². The Morgan fingerprint density at radius 2 is 1.82 bits per heavy atom. The van der Waals surface area contributed by atoms with Crippen molar-refractivity contribution in [1.29, 1.82) is 0 Å². The summed E-state index contributed by atoms with van der Waals surface area (Å²) in [6.07, 6.45) is 3.33. The first kappa shape index (κ1) is 13.2. The van der Waals surface area contributed by atoms with Crippen LogP contribution < -0.4 is 4.74 Å². The lowest BCUT2D eigenvalue weighted by atomic mass is 9.80.